The van der Waals surface area contributed by atoms with Crippen LogP contribution in [0, 0.1) is 0 Å². The van der Waals surface area contributed by atoms with Gasteiger partial charge in [-0.15, -0.1) is 11.3 Å². The first-order chi connectivity index (χ1) is 10.6. The van der Waals surface area contributed by atoms with E-state index in [1.54, 1.807) is 17.5 Å². The van der Waals surface area contributed by atoms with Gasteiger partial charge in [-0.3, -0.25) is 10.1 Å². The molecule has 3 amide bonds. The summed E-state index contributed by atoms with van der Waals surface area (Å²) in [6.45, 7) is 2.73. The molecule has 0 atom stereocenters. The summed E-state index contributed by atoms with van der Waals surface area (Å²) in [4.78, 5) is 27.4. The van der Waals surface area contributed by atoms with E-state index < -0.39 is 0 Å². The van der Waals surface area contributed by atoms with Crippen molar-refractivity contribution >= 4 is 40.0 Å². The van der Waals surface area contributed by atoms with Gasteiger partial charge in [-0.25, -0.2) is 9.78 Å². The number of carbonyl (C=O) groups is 2. The van der Waals surface area contributed by atoms with Crippen molar-refractivity contribution in [2.45, 2.75) is 13.5 Å². The normalized spacial score (nSPS) is 10.1. The topological polar surface area (TPSA) is 83.1 Å². The number of benzene rings is 1. The fraction of sp³-hybridized carbons (Fsp3) is 0.214. The lowest BCUT2D eigenvalue weighted by Crippen LogP contribution is -2.28. The molecule has 0 radical (unpaired) electrons. The van der Waals surface area contributed by atoms with Gasteiger partial charge >= 0.3 is 6.03 Å². The van der Waals surface area contributed by atoms with E-state index in [2.05, 4.69) is 20.9 Å². The highest BCUT2D eigenvalue weighted by molar-refractivity contribution is 7.14. The van der Waals surface area contributed by atoms with E-state index in [9.17, 15) is 9.59 Å². The lowest BCUT2D eigenvalue weighted by atomic mass is 10.2. The van der Waals surface area contributed by atoms with Crippen molar-refractivity contribution in [1.82, 2.24) is 15.6 Å². The molecule has 0 unspecified atom stereocenters. The van der Waals surface area contributed by atoms with Crippen molar-refractivity contribution < 1.29 is 9.59 Å². The van der Waals surface area contributed by atoms with Crippen LogP contribution in [0.2, 0.25) is 5.02 Å². The molecule has 1 heterocycles. The van der Waals surface area contributed by atoms with E-state index in [4.69, 9.17) is 11.6 Å². The van der Waals surface area contributed by atoms with E-state index in [0.29, 0.717) is 28.9 Å². The molecule has 0 saturated carbocycles. The van der Waals surface area contributed by atoms with Crippen molar-refractivity contribution in [3.05, 3.63) is 45.9 Å². The van der Waals surface area contributed by atoms with E-state index in [1.807, 2.05) is 19.1 Å². The highest BCUT2D eigenvalue weighted by Gasteiger charge is 2.11. The SMILES string of the molecule is CCNC(=O)c1csc(NC(=O)NCc2ccc(Cl)cc2)n1. The van der Waals surface area contributed by atoms with Crippen LogP contribution in [0.25, 0.3) is 0 Å². The molecule has 1 aromatic carbocycles. The fourth-order valence-electron chi connectivity index (χ4n) is 1.61. The molecule has 2 rings (SSSR count). The Morgan fingerprint density at radius 1 is 1.23 bits per heavy atom. The molecule has 0 aliphatic carbocycles. The number of anilines is 1. The molecule has 0 fully saturated rings. The van der Waals surface area contributed by atoms with Gasteiger partial charge in [-0.05, 0) is 24.6 Å². The summed E-state index contributed by atoms with van der Waals surface area (Å²) in [5, 5.41) is 10.6. The number of carbonyl (C=O) groups excluding carboxylic acids is 2. The summed E-state index contributed by atoms with van der Waals surface area (Å²) in [5.74, 6) is -0.256. The average Bonchev–Trinajstić information content (AvgIpc) is 2.95. The van der Waals surface area contributed by atoms with Gasteiger partial charge in [0.15, 0.2) is 5.13 Å². The Kier molecular flexibility index (Phi) is 5.74. The summed E-state index contributed by atoms with van der Waals surface area (Å²) >= 11 is 6.99. The minimum atomic E-state index is -0.383. The Labute approximate surface area is 136 Å². The molecule has 0 saturated heterocycles. The van der Waals surface area contributed by atoms with Gasteiger partial charge in [0, 0.05) is 23.5 Å². The smallest absolute Gasteiger partial charge is 0.321 e. The van der Waals surface area contributed by atoms with Crippen molar-refractivity contribution in [3.63, 3.8) is 0 Å². The third-order valence-electron chi connectivity index (χ3n) is 2.66. The molecule has 1 aromatic heterocycles. The molecule has 8 heteroatoms. The van der Waals surface area contributed by atoms with Crippen molar-refractivity contribution in [3.8, 4) is 0 Å². The maximum absolute atomic E-state index is 11.8. The number of nitrogens with one attached hydrogen (secondary N) is 3. The number of nitrogens with zero attached hydrogens (tertiary/aromatic N) is 1. The van der Waals surface area contributed by atoms with Crippen molar-refractivity contribution in [2.24, 2.45) is 0 Å². The van der Waals surface area contributed by atoms with Gasteiger partial charge in [-0.1, -0.05) is 23.7 Å². The third-order valence-corrected chi connectivity index (χ3v) is 3.67. The van der Waals surface area contributed by atoms with E-state index in [1.165, 1.54) is 11.3 Å². The molecule has 0 aliphatic heterocycles. The van der Waals surface area contributed by atoms with Crippen LogP contribution in [-0.2, 0) is 6.54 Å². The second-order valence-corrected chi connectivity index (χ2v) is 5.63. The molecular weight excluding hydrogens is 324 g/mol. The van der Waals surface area contributed by atoms with Crippen LogP contribution < -0.4 is 16.0 Å². The summed E-state index contributed by atoms with van der Waals surface area (Å²) in [5.41, 5.74) is 1.22. The second kappa shape index (κ2) is 7.77. The van der Waals surface area contributed by atoms with Gasteiger partial charge in [0.1, 0.15) is 5.69 Å². The van der Waals surface area contributed by atoms with E-state index >= 15 is 0 Å². The monoisotopic (exact) mass is 338 g/mol. The zero-order chi connectivity index (χ0) is 15.9. The number of halogens is 1. The Balaban J connectivity index is 1.84. The Morgan fingerprint density at radius 2 is 1.95 bits per heavy atom. The van der Waals surface area contributed by atoms with Crippen LogP contribution in [-0.4, -0.2) is 23.5 Å². The van der Waals surface area contributed by atoms with Gasteiger partial charge in [0.2, 0.25) is 0 Å². The minimum absolute atomic E-state index is 0.256. The number of hydrogen-bond donors (Lipinski definition) is 3. The number of hydrogen-bond acceptors (Lipinski definition) is 4. The molecule has 116 valence electrons. The number of amides is 3. The Morgan fingerprint density at radius 3 is 2.64 bits per heavy atom. The molecule has 0 bridgehead atoms. The van der Waals surface area contributed by atoms with Gasteiger partial charge in [-0.2, -0.15) is 0 Å². The Hall–Kier alpha value is -2.12. The molecule has 22 heavy (non-hydrogen) atoms. The van der Waals surface area contributed by atoms with Crippen LogP contribution >= 0.6 is 22.9 Å². The number of thiazole rings is 1. The van der Waals surface area contributed by atoms with Crippen molar-refractivity contribution in [2.75, 3.05) is 11.9 Å². The zero-order valence-electron chi connectivity index (χ0n) is 11.9. The lowest BCUT2D eigenvalue weighted by Gasteiger charge is -2.05. The molecule has 2 aromatic rings. The quantitative estimate of drug-likeness (QED) is 0.783. The highest BCUT2D eigenvalue weighted by Crippen LogP contribution is 2.15. The summed E-state index contributed by atoms with van der Waals surface area (Å²) in [6, 6.07) is 6.80. The second-order valence-electron chi connectivity index (χ2n) is 4.33. The predicted octanol–water partition coefficient (Wildman–Crippen LogP) is 2.87. The van der Waals surface area contributed by atoms with Gasteiger partial charge in [0.05, 0.1) is 0 Å². The first kappa shape index (κ1) is 16.3. The third kappa shape index (κ3) is 4.71. The van der Waals surface area contributed by atoms with Crippen molar-refractivity contribution in [1.29, 1.82) is 0 Å². The van der Waals surface area contributed by atoms with Crippen LogP contribution in [0.15, 0.2) is 29.6 Å². The van der Waals surface area contributed by atoms with Gasteiger partial charge < -0.3 is 10.6 Å². The number of aromatic nitrogens is 1. The maximum atomic E-state index is 11.8. The largest absolute Gasteiger partial charge is 0.351 e. The van der Waals surface area contributed by atoms with Crippen LogP contribution in [0.4, 0.5) is 9.93 Å². The van der Waals surface area contributed by atoms with Crippen LogP contribution in [0.1, 0.15) is 23.0 Å². The number of urea groups is 1. The van der Waals surface area contributed by atoms with E-state index in [-0.39, 0.29) is 11.9 Å². The first-order valence-corrected chi connectivity index (χ1v) is 7.87. The number of rotatable bonds is 5. The molecule has 0 spiro atoms. The lowest BCUT2D eigenvalue weighted by molar-refractivity contribution is 0.0951. The highest BCUT2D eigenvalue weighted by atomic mass is 35.5. The predicted molar refractivity (Wildman–Crippen MR) is 87.4 cm³/mol. The Bertz CT molecular complexity index is 657. The standard InChI is InChI=1S/C14H15ClN4O2S/c1-2-16-12(20)11-8-22-14(18-11)19-13(21)17-7-9-3-5-10(15)6-4-9/h3-6,8H,2,7H2,1H3,(H,16,20)(H2,17,18,19,21). The van der Waals surface area contributed by atoms with Crippen LogP contribution in [0.3, 0.4) is 0 Å². The molecular formula is C14H15ClN4O2S. The molecule has 6 nitrogen and oxygen atoms in total. The summed E-state index contributed by atoms with van der Waals surface area (Å²) < 4.78 is 0. The first-order valence-electron chi connectivity index (χ1n) is 6.61. The average molecular weight is 339 g/mol. The maximum Gasteiger partial charge on any atom is 0.321 e. The summed E-state index contributed by atoms with van der Waals surface area (Å²) in [6.07, 6.45) is 0. The summed E-state index contributed by atoms with van der Waals surface area (Å²) in [7, 11) is 0. The minimum Gasteiger partial charge on any atom is -0.351 e. The molecule has 3 N–H and O–H groups in total. The van der Waals surface area contributed by atoms with E-state index in [0.717, 1.165) is 5.56 Å². The zero-order valence-corrected chi connectivity index (χ0v) is 13.4. The van der Waals surface area contributed by atoms with Gasteiger partial charge in [0.25, 0.3) is 5.91 Å². The molecule has 0 aliphatic rings. The fourth-order valence-corrected chi connectivity index (χ4v) is 2.42. The van der Waals surface area contributed by atoms with Crippen LogP contribution in [0.5, 0.6) is 0 Å².